The minimum absolute atomic E-state index is 0.0211. The van der Waals surface area contributed by atoms with Crippen molar-refractivity contribution < 1.29 is 19.1 Å². The standard InChI is InChI=1S/C19H13BrO4/c20-13-3-1-2-11(8-13)9-17-18(21)15-7-6-14(10-16(15)24-17)23-19(22)12-4-5-12/h1-3,6-10,12H,4-5H2. The first-order valence-corrected chi connectivity index (χ1v) is 8.45. The first kappa shape index (κ1) is 15.1. The number of allylic oxidation sites excluding steroid dienone is 1. The van der Waals surface area contributed by atoms with Gasteiger partial charge in [0.1, 0.15) is 11.5 Å². The van der Waals surface area contributed by atoms with Gasteiger partial charge < -0.3 is 9.47 Å². The Morgan fingerprint density at radius 2 is 2.04 bits per heavy atom. The van der Waals surface area contributed by atoms with Crippen molar-refractivity contribution in [3.8, 4) is 11.5 Å². The van der Waals surface area contributed by atoms with Gasteiger partial charge in [0.05, 0.1) is 11.5 Å². The number of carbonyl (C=O) groups excluding carboxylic acids is 2. The van der Waals surface area contributed by atoms with Crippen LogP contribution in [0.1, 0.15) is 28.8 Å². The Labute approximate surface area is 147 Å². The Hall–Kier alpha value is -2.40. The Bertz CT molecular complexity index is 881. The Morgan fingerprint density at radius 3 is 2.79 bits per heavy atom. The first-order chi connectivity index (χ1) is 11.6. The molecule has 120 valence electrons. The van der Waals surface area contributed by atoms with Gasteiger partial charge in [-0.05, 0) is 48.7 Å². The SMILES string of the molecule is O=C1C(=Cc2cccc(Br)c2)Oc2cc(OC(=O)C3CC3)ccc21. The lowest BCUT2D eigenvalue weighted by Crippen LogP contribution is -2.09. The lowest BCUT2D eigenvalue weighted by atomic mass is 10.1. The van der Waals surface area contributed by atoms with Crippen molar-refractivity contribution in [1.29, 1.82) is 0 Å². The second kappa shape index (κ2) is 5.91. The summed E-state index contributed by atoms with van der Waals surface area (Å²) in [4.78, 5) is 24.2. The molecule has 5 heteroatoms. The lowest BCUT2D eigenvalue weighted by molar-refractivity contribution is -0.135. The number of Topliss-reactive ketones (excluding diaryl/α,β-unsaturated/α-hetero) is 1. The van der Waals surface area contributed by atoms with Crippen LogP contribution in [0.3, 0.4) is 0 Å². The van der Waals surface area contributed by atoms with Crippen molar-refractivity contribution in [1.82, 2.24) is 0 Å². The van der Waals surface area contributed by atoms with E-state index < -0.39 is 0 Å². The predicted octanol–water partition coefficient (Wildman–Crippen LogP) is 4.38. The molecule has 2 aromatic carbocycles. The van der Waals surface area contributed by atoms with Gasteiger partial charge in [-0.3, -0.25) is 9.59 Å². The van der Waals surface area contributed by atoms with Gasteiger partial charge in [-0.2, -0.15) is 0 Å². The summed E-state index contributed by atoms with van der Waals surface area (Å²) in [6.45, 7) is 0. The molecule has 1 aliphatic heterocycles. The molecule has 0 radical (unpaired) electrons. The highest BCUT2D eigenvalue weighted by molar-refractivity contribution is 9.10. The molecule has 0 saturated heterocycles. The zero-order chi connectivity index (χ0) is 16.7. The molecule has 1 fully saturated rings. The van der Waals surface area contributed by atoms with Gasteiger partial charge in [-0.1, -0.05) is 28.1 Å². The monoisotopic (exact) mass is 384 g/mol. The van der Waals surface area contributed by atoms with Crippen LogP contribution in [-0.2, 0) is 4.79 Å². The van der Waals surface area contributed by atoms with E-state index >= 15 is 0 Å². The number of ketones is 1. The molecule has 0 unspecified atom stereocenters. The average molecular weight is 385 g/mol. The number of carbonyl (C=O) groups is 2. The normalized spacial score (nSPS) is 17.5. The van der Waals surface area contributed by atoms with Crippen LogP contribution in [0.15, 0.2) is 52.7 Å². The van der Waals surface area contributed by atoms with E-state index in [9.17, 15) is 9.59 Å². The molecule has 1 heterocycles. The highest BCUT2D eigenvalue weighted by atomic mass is 79.9. The minimum atomic E-state index is -0.218. The molecular formula is C19H13BrO4. The summed E-state index contributed by atoms with van der Waals surface area (Å²) in [6, 6.07) is 12.4. The molecule has 0 amide bonds. The summed E-state index contributed by atoms with van der Waals surface area (Å²) >= 11 is 3.40. The number of benzene rings is 2. The van der Waals surface area contributed by atoms with Crippen LogP contribution in [0.4, 0.5) is 0 Å². The average Bonchev–Trinajstić information content (AvgIpc) is 3.35. The molecule has 1 saturated carbocycles. The van der Waals surface area contributed by atoms with Crippen molar-refractivity contribution in [2.75, 3.05) is 0 Å². The number of halogens is 1. The van der Waals surface area contributed by atoms with Gasteiger partial charge >= 0.3 is 5.97 Å². The van der Waals surface area contributed by atoms with E-state index in [-0.39, 0.29) is 23.4 Å². The third kappa shape index (κ3) is 2.99. The molecule has 0 bridgehead atoms. The van der Waals surface area contributed by atoms with E-state index in [1.807, 2.05) is 24.3 Å². The smallest absolute Gasteiger partial charge is 0.314 e. The van der Waals surface area contributed by atoms with Crippen molar-refractivity contribution in [2.45, 2.75) is 12.8 Å². The van der Waals surface area contributed by atoms with E-state index in [0.717, 1.165) is 22.9 Å². The van der Waals surface area contributed by atoms with Crippen molar-refractivity contribution >= 4 is 33.8 Å². The summed E-state index contributed by atoms with van der Waals surface area (Å²) in [6.07, 6.45) is 3.47. The van der Waals surface area contributed by atoms with E-state index in [0.29, 0.717) is 17.1 Å². The minimum Gasteiger partial charge on any atom is -0.452 e. The van der Waals surface area contributed by atoms with Gasteiger partial charge in [-0.15, -0.1) is 0 Å². The molecular weight excluding hydrogens is 372 g/mol. The van der Waals surface area contributed by atoms with E-state index in [1.165, 1.54) is 0 Å². The van der Waals surface area contributed by atoms with E-state index in [2.05, 4.69) is 15.9 Å². The number of hydrogen-bond acceptors (Lipinski definition) is 4. The number of esters is 1. The molecule has 0 N–H and O–H groups in total. The van der Waals surface area contributed by atoms with E-state index in [4.69, 9.17) is 9.47 Å². The van der Waals surface area contributed by atoms with Crippen molar-refractivity contribution in [3.63, 3.8) is 0 Å². The van der Waals surface area contributed by atoms with Crippen molar-refractivity contribution in [3.05, 3.63) is 63.8 Å². The third-order valence-corrected chi connectivity index (χ3v) is 4.41. The molecule has 0 aromatic heterocycles. The quantitative estimate of drug-likeness (QED) is 0.447. The topological polar surface area (TPSA) is 52.6 Å². The summed E-state index contributed by atoms with van der Waals surface area (Å²) in [5.74, 6) is 0.709. The van der Waals surface area contributed by atoms with Gasteiger partial charge in [0.2, 0.25) is 5.78 Å². The van der Waals surface area contributed by atoms with Crippen LogP contribution in [-0.4, -0.2) is 11.8 Å². The maximum absolute atomic E-state index is 12.4. The molecule has 0 atom stereocenters. The number of fused-ring (bicyclic) bond motifs is 1. The third-order valence-electron chi connectivity index (χ3n) is 3.92. The first-order valence-electron chi connectivity index (χ1n) is 7.66. The second-order valence-corrected chi connectivity index (χ2v) is 6.76. The molecule has 2 aliphatic rings. The summed E-state index contributed by atoms with van der Waals surface area (Å²) in [5.41, 5.74) is 1.34. The lowest BCUT2D eigenvalue weighted by Gasteiger charge is -2.04. The van der Waals surface area contributed by atoms with E-state index in [1.54, 1.807) is 24.3 Å². The fraction of sp³-hybridized carbons (Fsp3) is 0.158. The number of hydrogen-bond donors (Lipinski definition) is 0. The van der Waals surface area contributed by atoms with Crippen LogP contribution in [0.5, 0.6) is 11.5 Å². The Balaban J connectivity index is 1.58. The molecule has 2 aromatic rings. The van der Waals surface area contributed by atoms with Gasteiger partial charge in [0.25, 0.3) is 0 Å². The molecule has 4 rings (SSSR count). The van der Waals surface area contributed by atoms with Crippen LogP contribution >= 0.6 is 15.9 Å². The number of rotatable bonds is 3. The zero-order valence-electron chi connectivity index (χ0n) is 12.6. The maximum Gasteiger partial charge on any atom is 0.314 e. The zero-order valence-corrected chi connectivity index (χ0v) is 14.2. The maximum atomic E-state index is 12.4. The number of ether oxygens (including phenoxy) is 2. The molecule has 24 heavy (non-hydrogen) atoms. The molecule has 0 spiro atoms. The Morgan fingerprint density at radius 1 is 1.21 bits per heavy atom. The van der Waals surface area contributed by atoms with Crippen LogP contribution in [0.2, 0.25) is 0 Å². The summed E-state index contributed by atoms with van der Waals surface area (Å²) in [7, 11) is 0. The highest BCUT2D eigenvalue weighted by Crippen LogP contribution is 2.36. The molecule has 4 nitrogen and oxygen atoms in total. The van der Waals surface area contributed by atoms with Crippen LogP contribution in [0, 0.1) is 5.92 Å². The Kier molecular flexibility index (Phi) is 3.73. The summed E-state index contributed by atoms with van der Waals surface area (Å²) < 4.78 is 11.9. The van der Waals surface area contributed by atoms with Crippen LogP contribution in [0.25, 0.3) is 6.08 Å². The fourth-order valence-electron chi connectivity index (χ4n) is 2.50. The van der Waals surface area contributed by atoms with Gasteiger partial charge in [0, 0.05) is 10.5 Å². The molecule has 1 aliphatic carbocycles. The van der Waals surface area contributed by atoms with Gasteiger partial charge in [0.15, 0.2) is 5.76 Å². The highest BCUT2D eigenvalue weighted by Gasteiger charge is 2.32. The fourth-order valence-corrected chi connectivity index (χ4v) is 2.91. The predicted molar refractivity (Wildman–Crippen MR) is 91.9 cm³/mol. The largest absolute Gasteiger partial charge is 0.452 e. The second-order valence-electron chi connectivity index (χ2n) is 5.85. The van der Waals surface area contributed by atoms with Crippen LogP contribution < -0.4 is 9.47 Å². The summed E-state index contributed by atoms with van der Waals surface area (Å²) in [5, 5.41) is 0. The van der Waals surface area contributed by atoms with Gasteiger partial charge in [-0.25, -0.2) is 0 Å². The van der Waals surface area contributed by atoms with Crippen molar-refractivity contribution in [2.24, 2.45) is 5.92 Å².